The van der Waals surface area contributed by atoms with Crippen molar-refractivity contribution in [3.8, 4) is 16.9 Å². The normalized spacial score (nSPS) is 11.4. The number of hydrogen-bond acceptors (Lipinski definition) is 5. The van der Waals surface area contributed by atoms with Gasteiger partial charge in [-0.05, 0) is 6.07 Å². The summed E-state index contributed by atoms with van der Waals surface area (Å²) in [6, 6.07) is 1.27. The Labute approximate surface area is 143 Å². The number of pyridine rings is 2. The van der Waals surface area contributed by atoms with Gasteiger partial charge in [0, 0.05) is 24.2 Å². The minimum absolute atomic E-state index is 0.0363. The molecule has 0 aromatic carbocycles. The van der Waals surface area contributed by atoms with Crippen molar-refractivity contribution < 1.29 is 13.9 Å². The minimum Gasteiger partial charge on any atom is -0.505 e. The van der Waals surface area contributed by atoms with Crippen LogP contribution in [-0.2, 0) is 6.54 Å². The monoisotopic (exact) mass is 372 g/mol. The van der Waals surface area contributed by atoms with Gasteiger partial charge in [0.05, 0.1) is 17.1 Å². The van der Waals surface area contributed by atoms with Crippen molar-refractivity contribution in [2.75, 3.05) is 0 Å². The van der Waals surface area contributed by atoms with Crippen molar-refractivity contribution in [3.63, 3.8) is 0 Å². The van der Waals surface area contributed by atoms with Crippen molar-refractivity contribution in [1.82, 2.24) is 19.5 Å². The van der Waals surface area contributed by atoms with Crippen LogP contribution in [0.2, 0.25) is 10.2 Å². The fraction of sp³-hybridized carbons (Fsp3) is 0.143. The van der Waals surface area contributed by atoms with Gasteiger partial charge in [-0.3, -0.25) is 9.36 Å². The number of alkyl halides is 2. The van der Waals surface area contributed by atoms with Gasteiger partial charge in [0.2, 0.25) is 0 Å². The molecule has 0 radical (unpaired) electrons. The molecule has 3 aromatic rings. The van der Waals surface area contributed by atoms with Gasteiger partial charge < -0.3 is 5.11 Å². The predicted molar refractivity (Wildman–Crippen MR) is 84.7 cm³/mol. The molecule has 0 unspecified atom stereocenters. The molecule has 0 fully saturated rings. The van der Waals surface area contributed by atoms with E-state index in [9.17, 15) is 18.7 Å². The molecule has 0 saturated heterocycles. The maximum atomic E-state index is 12.9. The molecule has 0 spiro atoms. The average Bonchev–Trinajstić information content (AvgIpc) is 2.53. The summed E-state index contributed by atoms with van der Waals surface area (Å²) in [7, 11) is 0. The molecule has 1 N–H and O–H groups in total. The van der Waals surface area contributed by atoms with Gasteiger partial charge in [-0.25, -0.2) is 23.7 Å². The summed E-state index contributed by atoms with van der Waals surface area (Å²) >= 11 is 11.8. The Bertz CT molecular complexity index is 994. The summed E-state index contributed by atoms with van der Waals surface area (Å²) < 4.78 is 26.5. The highest BCUT2D eigenvalue weighted by Crippen LogP contribution is 2.35. The molecule has 124 valence electrons. The van der Waals surface area contributed by atoms with Crippen LogP contribution < -0.4 is 5.56 Å². The van der Waals surface area contributed by atoms with Gasteiger partial charge in [0.25, 0.3) is 12.0 Å². The van der Waals surface area contributed by atoms with Gasteiger partial charge in [-0.1, -0.05) is 23.2 Å². The molecule has 0 atom stereocenters. The first-order chi connectivity index (χ1) is 11.4. The highest BCUT2D eigenvalue weighted by Gasteiger charge is 2.23. The zero-order chi connectivity index (χ0) is 17.4. The molecule has 24 heavy (non-hydrogen) atoms. The Morgan fingerprint density at radius 1 is 1.21 bits per heavy atom. The topological polar surface area (TPSA) is 80.9 Å². The summed E-state index contributed by atoms with van der Waals surface area (Å²) in [6.07, 6.45) is 0.879. The largest absolute Gasteiger partial charge is 0.505 e. The Morgan fingerprint density at radius 3 is 2.58 bits per heavy atom. The van der Waals surface area contributed by atoms with Gasteiger partial charge in [-0.15, -0.1) is 0 Å². The van der Waals surface area contributed by atoms with Crippen molar-refractivity contribution in [3.05, 3.63) is 45.2 Å². The number of hydrogen-bond donors (Lipinski definition) is 1. The lowest BCUT2D eigenvalue weighted by molar-refractivity contribution is 0.126. The maximum absolute atomic E-state index is 12.9. The Balaban J connectivity index is 2.42. The van der Waals surface area contributed by atoms with Crippen LogP contribution in [-0.4, -0.2) is 31.1 Å². The quantitative estimate of drug-likeness (QED) is 0.714. The summed E-state index contributed by atoms with van der Waals surface area (Å²) in [5, 5.41) is 10.5. The van der Waals surface area contributed by atoms with E-state index in [1.807, 2.05) is 0 Å². The number of halogens is 4. The van der Waals surface area contributed by atoms with Crippen LogP contribution >= 0.6 is 23.2 Å². The SMILES string of the molecule is O=c1c(-c2cnc(Cl)cc2Cl)c(O)c2nccnc2n1CC(F)F. The van der Waals surface area contributed by atoms with Crippen LogP contribution in [0.4, 0.5) is 8.78 Å². The molecule has 10 heteroatoms. The lowest BCUT2D eigenvalue weighted by Gasteiger charge is -2.14. The second-order valence-electron chi connectivity index (χ2n) is 4.75. The number of nitrogens with zero attached hydrogens (tertiary/aromatic N) is 4. The van der Waals surface area contributed by atoms with Crippen molar-refractivity contribution >= 4 is 34.4 Å². The highest BCUT2D eigenvalue weighted by molar-refractivity contribution is 6.35. The number of fused-ring (bicyclic) bond motifs is 1. The lowest BCUT2D eigenvalue weighted by Crippen LogP contribution is -2.26. The second-order valence-corrected chi connectivity index (χ2v) is 5.54. The average molecular weight is 373 g/mol. The molecule has 0 aliphatic heterocycles. The Kier molecular flexibility index (Phi) is 4.33. The van der Waals surface area contributed by atoms with Gasteiger partial charge in [0.1, 0.15) is 10.7 Å². The first-order valence-electron chi connectivity index (χ1n) is 6.56. The van der Waals surface area contributed by atoms with E-state index in [1.165, 1.54) is 24.7 Å². The molecule has 3 heterocycles. The van der Waals surface area contributed by atoms with E-state index in [0.29, 0.717) is 0 Å². The van der Waals surface area contributed by atoms with Crippen LogP contribution in [0.15, 0.2) is 29.5 Å². The minimum atomic E-state index is -2.80. The third-order valence-corrected chi connectivity index (χ3v) is 3.78. The molecule has 0 aliphatic rings. The van der Waals surface area contributed by atoms with Crippen LogP contribution in [0.5, 0.6) is 5.75 Å². The molecular formula is C14H8Cl2F2N4O2. The summed E-state index contributed by atoms with van der Waals surface area (Å²) in [6.45, 7) is -0.903. The van der Waals surface area contributed by atoms with Crippen LogP contribution in [0.3, 0.4) is 0 Å². The van der Waals surface area contributed by atoms with Gasteiger partial charge >= 0.3 is 0 Å². The molecule has 0 amide bonds. The number of aromatic nitrogens is 4. The summed E-state index contributed by atoms with van der Waals surface area (Å²) in [5.74, 6) is -0.514. The van der Waals surface area contributed by atoms with Crippen molar-refractivity contribution in [1.29, 1.82) is 0 Å². The number of rotatable bonds is 3. The highest BCUT2D eigenvalue weighted by atomic mass is 35.5. The Morgan fingerprint density at radius 2 is 1.92 bits per heavy atom. The van der Waals surface area contributed by atoms with E-state index in [2.05, 4.69) is 15.0 Å². The third kappa shape index (κ3) is 2.78. The van der Waals surface area contributed by atoms with Gasteiger partial charge in [0.15, 0.2) is 11.4 Å². The smallest absolute Gasteiger partial charge is 0.264 e. The lowest BCUT2D eigenvalue weighted by atomic mass is 10.1. The van der Waals surface area contributed by atoms with Crippen LogP contribution in [0.25, 0.3) is 22.3 Å². The predicted octanol–water partition coefficient (Wildman–Crippen LogP) is 3.13. The van der Waals surface area contributed by atoms with E-state index < -0.39 is 24.3 Å². The van der Waals surface area contributed by atoms with E-state index >= 15 is 0 Å². The van der Waals surface area contributed by atoms with E-state index in [0.717, 1.165) is 4.57 Å². The van der Waals surface area contributed by atoms with E-state index in [-0.39, 0.29) is 32.5 Å². The molecular weight excluding hydrogens is 365 g/mol. The van der Waals surface area contributed by atoms with Crippen molar-refractivity contribution in [2.24, 2.45) is 0 Å². The fourth-order valence-corrected chi connectivity index (χ4v) is 2.75. The standard InChI is InChI=1S/C14H8Cl2F2N4O2/c15-7-3-8(16)21-4-6(7)10-12(23)11-13(20-2-1-19-11)22(14(10)24)5-9(17)18/h1-4,9,23H,5H2. The second kappa shape index (κ2) is 6.29. The van der Waals surface area contributed by atoms with E-state index in [1.54, 1.807) is 0 Å². The fourth-order valence-electron chi connectivity index (χ4n) is 2.29. The zero-order valence-electron chi connectivity index (χ0n) is 11.8. The molecule has 0 saturated carbocycles. The van der Waals surface area contributed by atoms with E-state index in [4.69, 9.17) is 23.2 Å². The first-order valence-corrected chi connectivity index (χ1v) is 7.31. The Hall–Kier alpha value is -2.32. The van der Waals surface area contributed by atoms with Gasteiger partial charge in [-0.2, -0.15) is 0 Å². The third-order valence-electron chi connectivity index (χ3n) is 3.26. The molecule has 3 rings (SSSR count). The summed E-state index contributed by atoms with van der Waals surface area (Å²) in [4.78, 5) is 24.2. The summed E-state index contributed by atoms with van der Waals surface area (Å²) in [5.41, 5.74) is -1.37. The maximum Gasteiger partial charge on any atom is 0.264 e. The van der Waals surface area contributed by atoms with Crippen LogP contribution in [0.1, 0.15) is 0 Å². The molecule has 0 bridgehead atoms. The zero-order valence-corrected chi connectivity index (χ0v) is 13.3. The number of aromatic hydroxyl groups is 1. The van der Waals surface area contributed by atoms with Crippen LogP contribution in [0, 0.1) is 0 Å². The van der Waals surface area contributed by atoms with Crippen molar-refractivity contribution in [2.45, 2.75) is 13.0 Å². The molecule has 6 nitrogen and oxygen atoms in total. The first kappa shape index (κ1) is 16.5. The molecule has 0 aliphatic carbocycles. The molecule has 3 aromatic heterocycles.